The minimum absolute atomic E-state index is 0.0976. The normalized spacial score (nSPS) is 20.4. The fraction of sp³-hybridized carbons (Fsp3) is 0.400. The molecule has 1 aliphatic carbocycles. The standard InChI is InChI=1S/C15H17NO3/c1-16(15(17)11-5-3-2-4-6-11)12-7-8-13-14(9-12)19-10-18-13/h2-3,7-9,11H,4-6,10H2,1H3/t11-/m0/s1. The van der Waals surface area contributed by atoms with Crippen molar-refractivity contribution in [1.82, 2.24) is 0 Å². The molecule has 1 aliphatic heterocycles. The number of carbonyl (C=O) groups is 1. The highest BCUT2D eigenvalue weighted by atomic mass is 16.7. The number of carbonyl (C=O) groups excluding carboxylic acids is 1. The third-order valence-corrected chi connectivity index (χ3v) is 3.69. The van der Waals surface area contributed by atoms with E-state index in [9.17, 15) is 4.79 Å². The third-order valence-electron chi connectivity index (χ3n) is 3.69. The molecule has 0 fully saturated rings. The maximum atomic E-state index is 12.4. The Morgan fingerprint density at radius 3 is 2.89 bits per heavy atom. The van der Waals surface area contributed by atoms with Crippen LogP contribution < -0.4 is 14.4 Å². The first-order chi connectivity index (χ1) is 9.25. The van der Waals surface area contributed by atoms with E-state index in [4.69, 9.17) is 9.47 Å². The van der Waals surface area contributed by atoms with Crippen molar-refractivity contribution in [2.75, 3.05) is 18.7 Å². The van der Waals surface area contributed by atoms with Gasteiger partial charge in [0.05, 0.1) is 0 Å². The molecule has 0 N–H and O–H groups in total. The molecule has 0 radical (unpaired) electrons. The Morgan fingerprint density at radius 1 is 1.26 bits per heavy atom. The lowest BCUT2D eigenvalue weighted by atomic mass is 9.93. The lowest BCUT2D eigenvalue weighted by Gasteiger charge is -2.24. The van der Waals surface area contributed by atoms with Crippen molar-refractivity contribution in [2.45, 2.75) is 19.3 Å². The second-order valence-electron chi connectivity index (χ2n) is 4.92. The summed E-state index contributed by atoms with van der Waals surface area (Å²) in [5.74, 6) is 1.72. The zero-order chi connectivity index (χ0) is 13.2. The number of rotatable bonds is 2. The van der Waals surface area contributed by atoms with Crippen molar-refractivity contribution in [3.05, 3.63) is 30.4 Å². The van der Waals surface area contributed by atoms with Crippen LogP contribution >= 0.6 is 0 Å². The largest absolute Gasteiger partial charge is 0.454 e. The Kier molecular flexibility index (Phi) is 3.15. The molecule has 1 heterocycles. The van der Waals surface area contributed by atoms with Gasteiger partial charge < -0.3 is 14.4 Å². The number of amides is 1. The van der Waals surface area contributed by atoms with Gasteiger partial charge in [-0.25, -0.2) is 0 Å². The fourth-order valence-corrected chi connectivity index (χ4v) is 2.51. The van der Waals surface area contributed by atoms with Gasteiger partial charge in [-0.2, -0.15) is 0 Å². The van der Waals surface area contributed by atoms with Gasteiger partial charge in [0.25, 0.3) is 0 Å². The second-order valence-corrected chi connectivity index (χ2v) is 4.92. The topological polar surface area (TPSA) is 38.8 Å². The predicted molar refractivity (Wildman–Crippen MR) is 72.5 cm³/mol. The predicted octanol–water partition coefficient (Wildman–Crippen LogP) is 2.73. The van der Waals surface area contributed by atoms with E-state index in [2.05, 4.69) is 12.2 Å². The second kappa shape index (κ2) is 4.96. The van der Waals surface area contributed by atoms with Gasteiger partial charge in [-0.1, -0.05) is 12.2 Å². The molecule has 1 amide bonds. The number of fused-ring (bicyclic) bond motifs is 1. The van der Waals surface area contributed by atoms with Crippen LogP contribution in [0.2, 0.25) is 0 Å². The molecular formula is C15H17NO3. The molecule has 4 heteroatoms. The van der Waals surface area contributed by atoms with E-state index >= 15 is 0 Å². The van der Waals surface area contributed by atoms with Crippen LogP contribution in [0.15, 0.2) is 30.4 Å². The van der Waals surface area contributed by atoms with Gasteiger partial charge in [0.1, 0.15) is 0 Å². The fourth-order valence-electron chi connectivity index (χ4n) is 2.51. The van der Waals surface area contributed by atoms with E-state index in [1.54, 1.807) is 4.90 Å². The molecular weight excluding hydrogens is 242 g/mol. The van der Waals surface area contributed by atoms with Gasteiger partial charge in [-0.15, -0.1) is 0 Å². The van der Waals surface area contributed by atoms with Crippen molar-refractivity contribution in [2.24, 2.45) is 5.92 Å². The Bertz CT molecular complexity index is 524. The summed E-state index contributed by atoms with van der Waals surface area (Å²) in [4.78, 5) is 14.1. The molecule has 19 heavy (non-hydrogen) atoms. The van der Waals surface area contributed by atoms with Gasteiger partial charge in [0.2, 0.25) is 12.7 Å². The van der Waals surface area contributed by atoms with E-state index in [1.807, 2.05) is 25.2 Å². The Morgan fingerprint density at radius 2 is 2.11 bits per heavy atom. The molecule has 1 aromatic rings. The van der Waals surface area contributed by atoms with E-state index in [-0.39, 0.29) is 18.6 Å². The quantitative estimate of drug-likeness (QED) is 0.766. The first-order valence-corrected chi connectivity index (χ1v) is 6.58. The van der Waals surface area contributed by atoms with E-state index in [0.29, 0.717) is 5.75 Å². The number of hydrogen-bond acceptors (Lipinski definition) is 3. The lowest BCUT2D eigenvalue weighted by molar-refractivity contribution is -0.122. The van der Waals surface area contributed by atoms with Crippen molar-refractivity contribution >= 4 is 11.6 Å². The zero-order valence-electron chi connectivity index (χ0n) is 11.0. The summed E-state index contributed by atoms with van der Waals surface area (Å²) in [5, 5.41) is 0. The molecule has 1 aromatic carbocycles. The summed E-state index contributed by atoms with van der Waals surface area (Å²) < 4.78 is 10.6. The van der Waals surface area contributed by atoms with Crippen LogP contribution in [0.4, 0.5) is 5.69 Å². The minimum atomic E-state index is 0.0976. The highest BCUT2D eigenvalue weighted by Gasteiger charge is 2.24. The zero-order valence-corrected chi connectivity index (χ0v) is 11.0. The maximum Gasteiger partial charge on any atom is 0.231 e. The van der Waals surface area contributed by atoms with Gasteiger partial charge in [-0.3, -0.25) is 4.79 Å². The van der Waals surface area contributed by atoms with Gasteiger partial charge in [-0.05, 0) is 31.4 Å². The van der Waals surface area contributed by atoms with Crippen LogP contribution in [0.1, 0.15) is 19.3 Å². The smallest absolute Gasteiger partial charge is 0.231 e. The van der Waals surface area contributed by atoms with E-state index < -0.39 is 0 Å². The van der Waals surface area contributed by atoms with Crippen LogP contribution in [0.5, 0.6) is 11.5 Å². The molecule has 100 valence electrons. The number of hydrogen-bond donors (Lipinski definition) is 0. The number of benzene rings is 1. The molecule has 0 spiro atoms. The van der Waals surface area contributed by atoms with Crippen LogP contribution in [-0.4, -0.2) is 19.7 Å². The van der Waals surface area contributed by atoms with Crippen LogP contribution in [0.3, 0.4) is 0 Å². The van der Waals surface area contributed by atoms with Gasteiger partial charge in [0.15, 0.2) is 11.5 Å². The summed E-state index contributed by atoms with van der Waals surface area (Å²) in [6.07, 6.45) is 7.01. The van der Waals surface area contributed by atoms with Crippen molar-refractivity contribution in [3.63, 3.8) is 0 Å². The summed E-state index contributed by atoms with van der Waals surface area (Å²) in [6.45, 7) is 0.254. The minimum Gasteiger partial charge on any atom is -0.454 e. The summed E-state index contributed by atoms with van der Waals surface area (Å²) >= 11 is 0. The van der Waals surface area contributed by atoms with Crippen molar-refractivity contribution in [1.29, 1.82) is 0 Å². The van der Waals surface area contributed by atoms with Crippen molar-refractivity contribution in [3.8, 4) is 11.5 Å². The summed E-state index contributed by atoms with van der Waals surface area (Å²) in [7, 11) is 1.82. The molecule has 0 saturated carbocycles. The van der Waals surface area contributed by atoms with E-state index in [1.165, 1.54) is 0 Å². The van der Waals surface area contributed by atoms with Crippen LogP contribution in [-0.2, 0) is 4.79 Å². The summed E-state index contributed by atoms with van der Waals surface area (Å²) in [5.41, 5.74) is 0.851. The Labute approximate surface area is 112 Å². The third kappa shape index (κ3) is 2.30. The van der Waals surface area contributed by atoms with Crippen LogP contribution in [0.25, 0.3) is 0 Å². The highest BCUT2D eigenvalue weighted by molar-refractivity contribution is 5.95. The number of nitrogens with zero attached hydrogens (tertiary/aromatic N) is 1. The number of ether oxygens (including phenoxy) is 2. The highest BCUT2D eigenvalue weighted by Crippen LogP contribution is 2.35. The summed E-state index contributed by atoms with van der Waals surface area (Å²) in [6, 6.07) is 5.60. The Balaban J connectivity index is 1.77. The van der Waals surface area contributed by atoms with Crippen LogP contribution in [0, 0.1) is 5.92 Å². The molecule has 0 unspecified atom stereocenters. The molecule has 0 saturated heterocycles. The van der Waals surface area contributed by atoms with E-state index in [0.717, 1.165) is 30.7 Å². The van der Waals surface area contributed by atoms with Crippen molar-refractivity contribution < 1.29 is 14.3 Å². The Hall–Kier alpha value is -1.97. The SMILES string of the molecule is CN(C(=O)[C@H]1CC=CCC1)c1ccc2c(c1)OCO2. The van der Waals surface area contributed by atoms with Gasteiger partial charge in [0, 0.05) is 24.7 Å². The van der Waals surface area contributed by atoms with Gasteiger partial charge >= 0.3 is 0 Å². The molecule has 1 atom stereocenters. The first-order valence-electron chi connectivity index (χ1n) is 6.58. The lowest BCUT2D eigenvalue weighted by Crippen LogP contribution is -2.33. The maximum absolute atomic E-state index is 12.4. The number of anilines is 1. The molecule has 0 aromatic heterocycles. The first kappa shape index (κ1) is 12.1. The molecule has 3 rings (SSSR count). The average molecular weight is 259 g/mol. The average Bonchev–Trinajstić information content (AvgIpc) is 2.94. The monoisotopic (exact) mass is 259 g/mol. The molecule has 4 nitrogen and oxygen atoms in total. The number of allylic oxidation sites excluding steroid dienone is 2. The molecule has 0 bridgehead atoms. The molecule has 2 aliphatic rings.